The Bertz CT molecular complexity index is 4360. The number of phosphoric acid groups is 1. The number of aromatic nitrogens is 4. The first-order chi connectivity index (χ1) is 52.2. The molecule has 5 heterocycles. The number of aliphatic carboxylic acids is 2. The summed E-state index contributed by atoms with van der Waals surface area (Å²) in [4.78, 5) is 143. The van der Waals surface area contributed by atoms with E-state index in [1.54, 1.807) is 0 Å². The fourth-order valence-corrected chi connectivity index (χ4v) is 14.2. The van der Waals surface area contributed by atoms with Gasteiger partial charge in [-0.25, -0.2) is 42.6 Å². The summed E-state index contributed by atoms with van der Waals surface area (Å²) in [6.07, 6.45) is -15.3. The number of Topliss-reactive ketones (excluding diaryl/α,β-unsaturated/α-hetero) is 1. The molecule has 3 fully saturated rings. The molecule has 112 heavy (non-hydrogen) atoms. The van der Waals surface area contributed by atoms with E-state index in [9.17, 15) is 62.1 Å². The summed E-state index contributed by atoms with van der Waals surface area (Å²) in [5, 5.41) is 27.4. The predicted molar refractivity (Wildman–Crippen MR) is 375 cm³/mol. The van der Waals surface area contributed by atoms with Crippen LogP contribution in [-0.4, -0.2) is 193 Å². The number of ketones is 1. The number of esters is 2. The number of alkyl carbamates (subject to hydrolysis) is 1. The molecule has 39 heteroatoms. The van der Waals surface area contributed by atoms with Crippen LogP contribution in [-0.2, 0) is 81.9 Å². The zero-order valence-corrected chi connectivity index (χ0v) is 63.0. The average Bonchev–Trinajstić information content (AvgIpc) is 1.26. The number of phosphoric ester groups is 1. The van der Waals surface area contributed by atoms with Crippen LogP contribution in [0.5, 0.6) is 5.75 Å². The zero-order chi connectivity index (χ0) is 82.9. The molecule has 5 aromatic rings. The fourth-order valence-electron chi connectivity index (χ4n) is 13.8. The highest BCUT2D eigenvalue weighted by Crippen LogP contribution is 2.48. The highest BCUT2D eigenvalue weighted by molar-refractivity contribution is 7.46. The Morgan fingerprint density at radius 2 is 1.38 bits per heavy atom. The van der Waals surface area contributed by atoms with Crippen LogP contribution in [0.3, 0.4) is 0 Å². The highest BCUT2D eigenvalue weighted by atomic mass is 31.2. The second-order valence-electron chi connectivity index (χ2n) is 29.4. The summed E-state index contributed by atoms with van der Waals surface area (Å²) in [6, 6.07) is 6.73. The molecule has 0 aliphatic carbocycles. The van der Waals surface area contributed by atoms with Gasteiger partial charge in [-0.2, -0.15) is 40.2 Å². The van der Waals surface area contributed by atoms with Gasteiger partial charge in [-0.1, -0.05) is 57.7 Å². The fraction of sp³-hybridized carbons (Fsp3) is 0.521. The van der Waals surface area contributed by atoms with Crippen molar-refractivity contribution in [3.8, 4) is 28.8 Å². The first kappa shape index (κ1) is 87.8. The van der Waals surface area contributed by atoms with E-state index in [1.807, 2.05) is 5.32 Å². The minimum absolute atomic E-state index is 0.126. The molecular formula is C73H85F10N10O18P. The van der Waals surface area contributed by atoms with E-state index in [0.717, 1.165) is 45.4 Å². The second kappa shape index (κ2) is 35.9. The van der Waals surface area contributed by atoms with Gasteiger partial charge in [0.15, 0.2) is 5.78 Å². The van der Waals surface area contributed by atoms with E-state index < -0.39 is 213 Å². The van der Waals surface area contributed by atoms with Crippen molar-refractivity contribution >= 4 is 61.3 Å². The molecule has 2 unspecified atom stereocenters. The minimum Gasteiger partial charge on any atom is -0.481 e. The Balaban J connectivity index is 1.27. The van der Waals surface area contributed by atoms with Gasteiger partial charge < -0.3 is 49.2 Å². The summed E-state index contributed by atoms with van der Waals surface area (Å²) in [7, 11) is -4.10. The summed E-state index contributed by atoms with van der Waals surface area (Å²) in [5.74, 6) is -12.1. The molecule has 3 aromatic carbocycles. The lowest BCUT2D eigenvalue weighted by Gasteiger charge is -2.47. The average molecular weight is 1610 g/mol. The lowest BCUT2D eigenvalue weighted by Crippen LogP contribution is -2.62. The van der Waals surface area contributed by atoms with Crippen molar-refractivity contribution in [2.75, 3.05) is 52.0 Å². The Labute approximate surface area is 635 Å². The van der Waals surface area contributed by atoms with Crippen LogP contribution in [0.25, 0.3) is 11.3 Å². The van der Waals surface area contributed by atoms with Gasteiger partial charge >= 0.3 is 56.7 Å². The van der Waals surface area contributed by atoms with E-state index in [-0.39, 0.29) is 26.9 Å². The number of aryl methyl sites for hydroxylation is 1. The van der Waals surface area contributed by atoms with E-state index in [2.05, 4.69) is 56.9 Å². The number of carbonyl (C=O) groups is 8. The number of ether oxygens (including phenoxy) is 4. The topological polar surface area (TPSA) is 370 Å². The van der Waals surface area contributed by atoms with Crippen LogP contribution in [0.4, 0.5) is 54.6 Å². The number of carboxylic acid groups (broad SMARTS) is 2. The molecular weight excluding hydrogens is 1530 g/mol. The minimum atomic E-state index is -5.64. The number of carboxylic acids is 2. The lowest BCUT2D eigenvalue weighted by molar-refractivity contribution is -0.231. The van der Waals surface area contributed by atoms with Crippen molar-refractivity contribution in [1.29, 1.82) is 0 Å². The molecule has 3 aliphatic rings. The van der Waals surface area contributed by atoms with E-state index in [0.29, 0.717) is 106 Å². The van der Waals surface area contributed by atoms with Gasteiger partial charge in [-0.3, -0.25) is 48.9 Å². The third-order valence-electron chi connectivity index (χ3n) is 20.0. The number of alkyl halides is 8. The van der Waals surface area contributed by atoms with E-state index in [4.69, 9.17) is 14.0 Å². The van der Waals surface area contributed by atoms with Gasteiger partial charge in [0.1, 0.15) is 35.6 Å². The first-order valence-corrected chi connectivity index (χ1v) is 36.5. The number of amides is 3. The molecule has 0 spiro atoms. The highest BCUT2D eigenvalue weighted by Gasteiger charge is 2.57. The molecule has 3 amide bonds. The van der Waals surface area contributed by atoms with Crippen molar-refractivity contribution < 1.29 is 130 Å². The lowest BCUT2D eigenvalue weighted by atomic mass is 9.75. The number of hydrazine groups is 1. The van der Waals surface area contributed by atoms with Crippen molar-refractivity contribution in [2.45, 2.75) is 173 Å². The maximum Gasteiger partial charge on any atom is 0.524 e. The summed E-state index contributed by atoms with van der Waals surface area (Å²) < 4.78 is 192. The monoisotopic (exact) mass is 1610 g/mol. The summed E-state index contributed by atoms with van der Waals surface area (Å²) in [5.41, 5.74) is -7.92. The number of halogens is 10. The number of hydrogen-bond acceptors (Lipinski definition) is 20. The maximum atomic E-state index is 16.9. The number of piperazine rings is 1. The maximum absolute atomic E-state index is 16.9. The number of fused-ring (bicyclic) bond motifs is 2. The standard InChI is InChI=1S/C73H85F10N10O18P/c1-39-22-45(28-58(95)86-54(65(101)102)18-19-59(96)97)62(56(23-39)111-112(104,105)106)69(2,3)30-61(99)110-57(36-91(89-64(100)50(29-60(98)107-8)70(4,5)72(78,79)80)35-49-51(74)25-43(26-52(49)75)53-20-21-92(88-53)66(76)77)44(27-55(94)63(87-68(103)108-9)71(6,7)73(81,82)83)24-41-13-10-40(11-14-41)12-15-42-31-84-67(85-32-42)90-33-46-16-17-47(34-90)93(46)48-37-109-38-48/h10-11,13-14,20-23,25-26,31-32,44,46-48,50,54,57,63,66H,16-19,24,27-30,33-38H2,1-9H3,(H,86,95)(H,87,103)(H,89,100)(H,96,97)(H,101,102)(H2,104,105,106)/t44-,46?,47?,50-,54-,57+,63-/m1/s1. The summed E-state index contributed by atoms with van der Waals surface area (Å²) >= 11 is 0. The number of benzene rings is 3. The van der Waals surface area contributed by atoms with Gasteiger partial charge in [-0.05, 0) is 99.5 Å². The van der Waals surface area contributed by atoms with Crippen molar-refractivity contribution in [1.82, 2.24) is 45.7 Å². The molecule has 7 N–H and O–H groups in total. The molecule has 7 atom stereocenters. The molecule has 0 radical (unpaired) electrons. The number of carbonyl (C=O) groups excluding carboxylic acids is 6. The van der Waals surface area contributed by atoms with Gasteiger partial charge in [0.05, 0.1) is 87.3 Å². The third kappa shape index (κ3) is 22.3. The Hall–Kier alpha value is -9.80. The number of nitrogens with zero attached hydrogens (tertiary/aromatic N) is 7. The third-order valence-corrected chi connectivity index (χ3v) is 20.5. The molecule has 3 aliphatic heterocycles. The molecule has 610 valence electrons. The summed E-state index contributed by atoms with van der Waals surface area (Å²) in [6.45, 7) is 2.81. The van der Waals surface area contributed by atoms with Crippen LogP contribution < -0.4 is 25.5 Å². The molecule has 8 rings (SSSR count). The van der Waals surface area contributed by atoms with Crippen molar-refractivity contribution in [3.05, 3.63) is 124 Å². The predicted octanol–water partition coefficient (Wildman–Crippen LogP) is 9.23. The molecule has 3 saturated heterocycles. The molecule has 2 bridgehead atoms. The zero-order valence-electron chi connectivity index (χ0n) is 62.1. The Kier molecular flexibility index (Phi) is 28.1. The van der Waals surface area contributed by atoms with E-state index >= 15 is 44.7 Å². The number of rotatable bonds is 34. The smallest absolute Gasteiger partial charge is 0.481 e. The van der Waals surface area contributed by atoms with Crippen LogP contribution in [0.2, 0.25) is 0 Å². The van der Waals surface area contributed by atoms with Crippen LogP contribution in [0.15, 0.2) is 73.2 Å². The Morgan fingerprint density at radius 1 is 0.777 bits per heavy atom. The number of nitrogens with one attached hydrogen (secondary N) is 3. The van der Waals surface area contributed by atoms with Crippen molar-refractivity contribution in [2.24, 2.45) is 22.7 Å². The number of anilines is 1. The van der Waals surface area contributed by atoms with E-state index in [1.165, 1.54) is 63.5 Å². The van der Waals surface area contributed by atoms with Crippen LogP contribution >= 0.6 is 7.82 Å². The van der Waals surface area contributed by atoms with Gasteiger partial charge in [0.2, 0.25) is 17.8 Å². The van der Waals surface area contributed by atoms with Gasteiger partial charge in [0.25, 0.3) is 0 Å². The molecule has 2 aromatic heterocycles. The SMILES string of the molecule is COC(=O)C[C@H](C(=O)NN(Cc1c(F)cc(-c2ccn(C(F)F)n2)cc1F)C[C@H](OC(=O)CC(C)(C)c1c(CC(=O)N[C@H](CCC(=O)O)C(=O)O)cc(C)cc1OP(=O)(O)O)[C@@H](CC(=O)[C@@H](NC(=O)OC)C(C)(C)C(F)(F)F)Cc1ccc(C#Cc2cnc(N3CC4CCC(C3)N4C3COC3)nc2)cc1)C(C)(C)C(F)(F)F. The quantitative estimate of drug-likeness (QED) is 0.00503. The van der Waals surface area contributed by atoms with Crippen LogP contribution in [0.1, 0.15) is 132 Å². The van der Waals surface area contributed by atoms with Gasteiger partial charge in [0, 0.05) is 96.7 Å². The Morgan fingerprint density at radius 3 is 1.91 bits per heavy atom. The normalized spacial score (nSPS) is 17.1. The number of methoxy groups -OCH3 is 2. The van der Waals surface area contributed by atoms with Crippen molar-refractivity contribution in [3.63, 3.8) is 0 Å². The molecule has 0 saturated carbocycles. The van der Waals surface area contributed by atoms with Crippen LogP contribution in [0, 0.1) is 53.1 Å². The number of hydrogen-bond donors (Lipinski definition) is 7. The second-order valence-corrected chi connectivity index (χ2v) is 30.6. The van der Waals surface area contributed by atoms with Gasteiger partial charge in [-0.15, -0.1) is 0 Å². The largest absolute Gasteiger partial charge is 0.524 e. The molecule has 28 nitrogen and oxygen atoms in total. The first-order valence-electron chi connectivity index (χ1n) is 35.0.